The van der Waals surface area contributed by atoms with Crippen molar-refractivity contribution in [2.45, 2.75) is 32.4 Å². The van der Waals surface area contributed by atoms with E-state index in [1.54, 1.807) is 18.4 Å². The summed E-state index contributed by atoms with van der Waals surface area (Å²) in [5.74, 6) is 0.819. The Bertz CT molecular complexity index is 569. The van der Waals surface area contributed by atoms with Gasteiger partial charge in [0.05, 0.1) is 31.0 Å². The van der Waals surface area contributed by atoms with Gasteiger partial charge in [-0.05, 0) is 31.5 Å². The van der Waals surface area contributed by atoms with Crippen LogP contribution in [0.5, 0.6) is 5.75 Å². The van der Waals surface area contributed by atoms with E-state index in [2.05, 4.69) is 4.98 Å². The van der Waals surface area contributed by atoms with Gasteiger partial charge in [-0.15, -0.1) is 11.3 Å². The molecular weight excluding hydrogens is 284 g/mol. The molecule has 1 aromatic carbocycles. The number of thiazole rings is 1. The topological polar surface area (TPSA) is 57.4 Å². The smallest absolute Gasteiger partial charge is 0.119 e. The van der Waals surface area contributed by atoms with Crippen LogP contribution in [0.3, 0.4) is 0 Å². The Hall–Kier alpha value is -1.43. The summed E-state index contributed by atoms with van der Waals surface area (Å²) in [4.78, 5) is 5.52. The number of hydrogen-bond acceptors (Lipinski definition) is 5. The van der Waals surface area contributed by atoms with Crippen molar-refractivity contribution < 1.29 is 9.47 Å². The Morgan fingerprint density at radius 3 is 2.81 bits per heavy atom. The summed E-state index contributed by atoms with van der Waals surface area (Å²) in [7, 11) is 1.66. The quantitative estimate of drug-likeness (QED) is 0.854. The van der Waals surface area contributed by atoms with Crippen LogP contribution in [0.4, 0.5) is 0 Å². The molecule has 0 fully saturated rings. The maximum absolute atomic E-state index is 6.07. The van der Waals surface area contributed by atoms with Gasteiger partial charge in [0.2, 0.25) is 0 Å². The SMILES string of the molecule is COc1cccc(C(OCCc2scnc2C)C(C)N)c1. The number of hydrogen-bond donors (Lipinski definition) is 1. The van der Waals surface area contributed by atoms with Gasteiger partial charge in [-0.1, -0.05) is 12.1 Å². The summed E-state index contributed by atoms with van der Waals surface area (Å²) in [6.07, 6.45) is 0.734. The fourth-order valence-corrected chi connectivity index (χ4v) is 2.98. The van der Waals surface area contributed by atoms with Gasteiger partial charge in [-0.3, -0.25) is 0 Å². The van der Waals surface area contributed by atoms with Gasteiger partial charge in [-0.25, -0.2) is 4.98 Å². The lowest BCUT2D eigenvalue weighted by atomic mass is 10.0. The first-order chi connectivity index (χ1) is 10.1. The summed E-state index contributed by atoms with van der Waals surface area (Å²) in [5.41, 5.74) is 10.1. The molecule has 1 heterocycles. The Balaban J connectivity index is 2.00. The molecule has 0 aliphatic rings. The number of nitrogens with zero attached hydrogens (tertiary/aromatic N) is 1. The third-order valence-electron chi connectivity index (χ3n) is 3.37. The molecule has 0 radical (unpaired) electrons. The van der Waals surface area contributed by atoms with Crippen molar-refractivity contribution in [2.24, 2.45) is 5.73 Å². The Labute approximate surface area is 129 Å². The minimum Gasteiger partial charge on any atom is -0.497 e. The number of aromatic nitrogens is 1. The van der Waals surface area contributed by atoms with Crippen molar-refractivity contribution in [1.29, 1.82) is 0 Å². The number of benzene rings is 1. The van der Waals surface area contributed by atoms with Gasteiger partial charge in [0, 0.05) is 17.3 Å². The molecule has 0 amide bonds. The van der Waals surface area contributed by atoms with Crippen LogP contribution < -0.4 is 10.5 Å². The highest BCUT2D eigenvalue weighted by molar-refractivity contribution is 7.09. The van der Waals surface area contributed by atoms with Crippen LogP contribution in [0.2, 0.25) is 0 Å². The molecular formula is C16H22N2O2S. The standard InChI is InChI=1S/C16H22N2O2S/c1-11(17)16(13-5-4-6-14(9-13)19-3)20-8-7-15-12(2)18-10-21-15/h4-6,9-11,16H,7-8,17H2,1-3H3. The third kappa shape index (κ3) is 4.27. The average molecular weight is 306 g/mol. The molecule has 0 saturated carbocycles. The van der Waals surface area contributed by atoms with E-state index in [0.717, 1.165) is 23.4 Å². The summed E-state index contributed by atoms with van der Waals surface area (Å²) in [6, 6.07) is 7.79. The summed E-state index contributed by atoms with van der Waals surface area (Å²) in [6.45, 7) is 4.62. The highest BCUT2D eigenvalue weighted by Crippen LogP contribution is 2.25. The zero-order valence-electron chi connectivity index (χ0n) is 12.7. The van der Waals surface area contributed by atoms with Gasteiger partial charge >= 0.3 is 0 Å². The van der Waals surface area contributed by atoms with Crippen LogP contribution >= 0.6 is 11.3 Å². The predicted octanol–water partition coefficient (Wildman–Crippen LogP) is 3.11. The maximum Gasteiger partial charge on any atom is 0.119 e. The summed E-state index contributed by atoms with van der Waals surface area (Å²) in [5, 5.41) is 0. The molecule has 2 aromatic rings. The zero-order valence-corrected chi connectivity index (χ0v) is 13.5. The Morgan fingerprint density at radius 1 is 1.38 bits per heavy atom. The number of ether oxygens (including phenoxy) is 2. The van der Waals surface area contributed by atoms with E-state index < -0.39 is 0 Å². The summed E-state index contributed by atoms with van der Waals surface area (Å²) < 4.78 is 11.3. The monoisotopic (exact) mass is 306 g/mol. The van der Waals surface area contributed by atoms with E-state index in [1.807, 2.05) is 43.6 Å². The van der Waals surface area contributed by atoms with Crippen molar-refractivity contribution in [3.05, 3.63) is 45.9 Å². The number of methoxy groups -OCH3 is 1. The second-order valence-corrected chi connectivity index (χ2v) is 5.98. The van der Waals surface area contributed by atoms with E-state index in [4.69, 9.17) is 15.2 Å². The molecule has 0 spiro atoms. The van der Waals surface area contributed by atoms with Gasteiger partial charge in [0.25, 0.3) is 0 Å². The van der Waals surface area contributed by atoms with E-state index in [0.29, 0.717) is 6.61 Å². The molecule has 2 unspecified atom stereocenters. The van der Waals surface area contributed by atoms with E-state index in [1.165, 1.54) is 4.88 Å². The van der Waals surface area contributed by atoms with Gasteiger partial charge < -0.3 is 15.2 Å². The maximum atomic E-state index is 6.07. The molecule has 114 valence electrons. The van der Waals surface area contributed by atoms with Crippen molar-refractivity contribution in [3.8, 4) is 5.75 Å². The predicted molar refractivity (Wildman–Crippen MR) is 85.9 cm³/mol. The second-order valence-electron chi connectivity index (χ2n) is 5.04. The largest absolute Gasteiger partial charge is 0.497 e. The van der Waals surface area contributed by atoms with Crippen LogP contribution in [0, 0.1) is 6.92 Å². The lowest BCUT2D eigenvalue weighted by molar-refractivity contribution is 0.0404. The Kier molecular flexibility index (Phi) is 5.73. The Morgan fingerprint density at radius 2 is 2.19 bits per heavy atom. The minimum absolute atomic E-state index is 0.0836. The highest BCUT2D eigenvalue weighted by atomic mass is 32.1. The van der Waals surface area contributed by atoms with Crippen molar-refractivity contribution >= 4 is 11.3 Å². The second kappa shape index (κ2) is 7.54. The highest BCUT2D eigenvalue weighted by Gasteiger charge is 2.17. The van der Waals surface area contributed by atoms with Gasteiger partial charge in [0.15, 0.2) is 0 Å². The first-order valence-electron chi connectivity index (χ1n) is 7.02. The lowest BCUT2D eigenvalue weighted by Gasteiger charge is -2.22. The van der Waals surface area contributed by atoms with Crippen molar-refractivity contribution in [3.63, 3.8) is 0 Å². The van der Waals surface area contributed by atoms with Crippen LogP contribution in [0.1, 0.15) is 29.2 Å². The molecule has 21 heavy (non-hydrogen) atoms. The van der Waals surface area contributed by atoms with Crippen molar-refractivity contribution in [1.82, 2.24) is 4.98 Å². The molecule has 0 aliphatic carbocycles. The van der Waals surface area contributed by atoms with E-state index in [9.17, 15) is 0 Å². The first kappa shape index (κ1) is 15.9. The number of nitrogens with two attached hydrogens (primary N) is 1. The number of aryl methyl sites for hydroxylation is 1. The van der Waals surface area contributed by atoms with Gasteiger partial charge in [-0.2, -0.15) is 0 Å². The molecule has 4 nitrogen and oxygen atoms in total. The van der Waals surface area contributed by atoms with Crippen LogP contribution in [0.15, 0.2) is 29.8 Å². The number of rotatable bonds is 7. The molecule has 2 rings (SSSR count). The molecule has 0 aliphatic heterocycles. The molecule has 0 bridgehead atoms. The van der Waals surface area contributed by atoms with Crippen molar-refractivity contribution in [2.75, 3.05) is 13.7 Å². The fourth-order valence-electron chi connectivity index (χ4n) is 2.21. The van der Waals surface area contributed by atoms with Gasteiger partial charge in [0.1, 0.15) is 5.75 Å². The first-order valence-corrected chi connectivity index (χ1v) is 7.90. The van der Waals surface area contributed by atoms with E-state index >= 15 is 0 Å². The minimum atomic E-state index is -0.131. The third-order valence-corrected chi connectivity index (χ3v) is 4.37. The normalized spacial score (nSPS) is 13.9. The van der Waals surface area contributed by atoms with Crippen LogP contribution in [0.25, 0.3) is 0 Å². The average Bonchev–Trinajstić information content (AvgIpc) is 2.88. The molecule has 0 saturated heterocycles. The zero-order chi connectivity index (χ0) is 15.2. The fraction of sp³-hybridized carbons (Fsp3) is 0.438. The molecule has 2 N–H and O–H groups in total. The lowest BCUT2D eigenvalue weighted by Crippen LogP contribution is -2.27. The van der Waals surface area contributed by atoms with E-state index in [-0.39, 0.29) is 12.1 Å². The summed E-state index contributed by atoms with van der Waals surface area (Å²) >= 11 is 1.67. The molecule has 1 aromatic heterocycles. The molecule has 5 heteroatoms. The van der Waals surface area contributed by atoms with Crippen LogP contribution in [-0.4, -0.2) is 24.7 Å². The van der Waals surface area contributed by atoms with Crippen LogP contribution in [-0.2, 0) is 11.2 Å². The molecule has 2 atom stereocenters.